The Bertz CT molecular complexity index is 529. The lowest BCUT2D eigenvalue weighted by Gasteiger charge is -2.30. The van der Waals surface area contributed by atoms with Gasteiger partial charge in [0.2, 0.25) is 0 Å². The molecule has 2 nitrogen and oxygen atoms in total. The molecule has 18 heavy (non-hydrogen) atoms. The van der Waals surface area contributed by atoms with Gasteiger partial charge in [-0.1, -0.05) is 38.0 Å². The maximum Gasteiger partial charge on any atom is 0.134 e. The van der Waals surface area contributed by atoms with Crippen LogP contribution in [0.15, 0.2) is 34.9 Å². The maximum atomic E-state index is 10.6. The molecule has 1 aliphatic rings. The Hall–Kier alpha value is -1.28. The van der Waals surface area contributed by atoms with Crippen molar-refractivity contribution in [1.29, 1.82) is 0 Å². The van der Waals surface area contributed by atoms with Gasteiger partial charge in [0.15, 0.2) is 0 Å². The van der Waals surface area contributed by atoms with Crippen molar-refractivity contribution in [3.63, 3.8) is 0 Å². The summed E-state index contributed by atoms with van der Waals surface area (Å²) in [6, 6.07) is 7.95. The zero-order valence-corrected chi connectivity index (χ0v) is 10.8. The van der Waals surface area contributed by atoms with E-state index in [-0.39, 0.29) is 6.10 Å². The summed E-state index contributed by atoms with van der Waals surface area (Å²) in [5.41, 5.74) is 1.83. The van der Waals surface area contributed by atoms with Crippen LogP contribution in [0.2, 0.25) is 0 Å². The fraction of sp³-hybridized carbons (Fsp3) is 0.500. The first-order valence-corrected chi connectivity index (χ1v) is 6.90. The number of furan rings is 1. The third-order valence-corrected chi connectivity index (χ3v) is 4.25. The molecule has 0 aliphatic heterocycles. The molecule has 3 rings (SSSR count). The minimum Gasteiger partial charge on any atom is -0.464 e. The third-order valence-electron chi connectivity index (χ3n) is 4.25. The molecule has 1 N–H and O–H groups in total. The first-order chi connectivity index (χ1) is 8.75. The van der Waals surface area contributed by atoms with E-state index in [9.17, 15) is 5.11 Å². The van der Waals surface area contributed by atoms with Crippen LogP contribution in [0.1, 0.15) is 44.3 Å². The van der Waals surface area contributed by atoms with Gasteiger partial charge in [-0.3, -0.25) is 0 Å². The van der Waals surface area contributed by atoms with Crippen molar-refractivity contribution in [3.8, 4) is 0 Å². The zero-order chi connectivity index (χ0) is 12.5. The van der Waals surface area contributed by atoms with Crippen LogP contribution in [0, 0.1) is 11.8 Å². The van der Waals surface area contributed by atoms with Gasteiger partial charge in [0.1, 0.15) is 5.58 Å². The normalized spacial score (nSPS) is 26.3. The standard InChI is InChI=1S/C16H20O2/c1-11-5-4-6-12(9-11)16(17)14-10-18-15-8-3-2-7-13(14)15/h2-3,7-8,10-12,16-17H,4-6,9H2,1H3. The van der Waals surface area contributed by atoms with Gasteiger partial charge in [0.25, 0.3) is 0 Å². The number of rotatable bonds is 2. The van der Waals surface area contributed by atoms with Crippen LogP contribution >= 0.6 is 0 Å². The Morgan fingerprint density at radius 3 is 2.94 bits per heavy atom. The smallest absolute Gasteiger partial charge is 0.134 e. The van der Waals surface area contributed by atoms with E-state index in [0.717, 1.165) is 35.3 Å². The first kappa shape index (κ1) is 11.8. The van der Waals surface area contributed by atoms with Crippen LogP contribution in [-0.4, -0.2) is 5.11 Å². The van der Waals surface area contributed by atoms with E-state index >= 15 is 0 Å². The summed E-state index contributed by atoms with van der Waals surface area (Å²) >= 11 is 0. The molecule has 0 amide bonds. The lowest BCUT2D eigenvalue weighted by molar-refractivity contribution is 0.0719. The molecule has 1 aliphatic carbocycles. The van der Waals surface area contributed by atoms with Crippen molar-refractivity contribution in [3.05, 3.63) is 36.1 Å². The summed E-state index contributed by atoms with van der Waals surface area (Å²) in [7, 11) is 0. The van der Waals surface area contributed by atoms with Crippen molar-refractivity contribution in [2.75, 3.05) is 0 Å². The molecule has 3 unspecified atom stereocenters. The molecule has 3 atom stereocenters. The number of hydrogen-bond acceptors (Lipinski definition) is 2. The van der Waals surface area contributed by atoms with Crippen LogP contribution in [0.25, 0.3) is 11.0 Å². The number of aliphatic hydroxyl groups is 1. The van der Waals surface area contributed by atoms with Gasteiger partial charge in [-0.25, -0.2) is 0 Å². The quantitative estimate of drug-likeness (QED) is 0.854. The number of fused-ring (bicyclic) bond motifs is 1. The van der Waals surface area contributed by atoms with Crippen LogP contribution in [0.4, 0.5) is 0 Å². The summed E-state index contributed by atoms with van der Waals surface area (Å²) in [5.74, 6) is 1.12. The topological polar surface area (TPSA) is 33.4 Å². The Morgan fingerprint density at radius 1 is 1.28 bits per heavy atom. The van der Waals surface area contributed by atoms with Gasteiger partial charge in [-0.2, -0.15) is 0 Å². The van der Waals surface area contributed by atoms with Crippen LogP contribution < -0.4 is 0 Å². The third kappa shape index (κ3) is 2.05. The molecular formula is C16H20O2. The second kappa shape index (κ2) is 4.77. The van der Waals surface area contributed by atoms with Crippen molar-refractivity contribution < 1.29 is 9.52 Å². The second-order valence-electron chi connectivity index (χ2n) is 5.66. The second-order valence-corrected chi connectivity index (χ2v) is 5.66. The summed E-state index contributed by atoms with van der Waals surface area (Å²) in [4.78, 5) is 0. The van der Waals surface area contributed by atoms with E-state index in [2.05, 4.69) is 6.92 Å². The molecule has 2 aromatic rings. The van der Waals surface area contributed by atoms with E-state index in [4.69, 9.17) is 4.42 Å². The van der Waals surface area contributed by atoms with Gasteiger partial charge in [0.05, 0.1) is 12.4 Å². The fourth-order valence-corrected chi connectivity index (χ4v) is 3.25. The summed E-state index contributed by atoms with van der Waals surface area (Å²) in [6.45, 7) is 2.28. The van der Waals surface area contributed by atoms with E-state index in [0.29, 0.717) is 5.92 Å². The highest BCUT2D eigenvalue weighted by Crippen LogP contribution is 2.39. The van der Waals surface area contributed by atoms with Crippen molar-refractivity contribution in [2.24, 2.45) is 11.8 Å². The molecule has 0 radical (unpaired) electrons. The molecule has 96 valence electrons. The Balaban J connectivity index is 1.89. The molecule has 1 saturated carbocycles. The van der Waals surface area contributed by atoms with Crippen LogP contribution in [0.5, 0.6) is 0 Å². The minimum absolute atomic E-state index is 0.378. The van der Waals surface area contributed by atoms with E-state index < -0.39 is 0 Å². The number of benzene rings is 1. The molecule has 2 heteroatoms. The van der Waals surface area contributed by atoms with E-state index in [1.165, 1.54) is 12.8 Å². The average Bonchev–Trinajstić information content (AvgIpc) is 2.82. The predicted octanol–water partition coefficient (Wildman–Crippen LogP) is 4.29. The van der Waals surface area contributed by atoms with E-state index in [1.54, 1.807) is 6.26 Å². The minimum atomic E-state index is -0.378. The van der Waals surface area contributed by atoms with Gasteiger partial charge in [0, 0.05) is 10.9 Å². The number of hydrogen-bond donors (Lipinski definition) is 1. The summed E-state index contributed by atoms with van der Waals surface area (Å²) in [5, 5.41) is 11.6. The van der Waals surface area contributed by atoms with Gasteiger partial charge in [-0.05, 0) is 30.7 Å². The highest BCUT2D eigenvalue weighted by atomic mass is 16.3. The molecule has 1 aromatic heterocycles. The molecular weight excluding hydrogens is 224 g/mol. The zero-order valence-electron chi connectivity index (χ0n) is 10.8. The molecule has 0 bridgehead atoms. The predicted molar refractivity (Wildman–Crippen MR) is 72.3 cm³/mol. The summed E-state index contributed by atoms with van der Waals surface area (Å²) in [6.07, 6.45) is 6.14. The monoisotopic (exact) mass is 244 g/mol. The van der Waals surface area contributed by atoms with Gasteiger partial charge in [-0.15, -0.1) is 0 Å². The molecule has 0 spiro atoms. The molecule has 1 aromatic carbocycles. The van der Waals surface area contributed by atoms with Crippen molar-refractivity contribution in [1.82, 2.24) is 0 Å². The van der Waals surface area contributed by atoms with Crippen LogP contribution in [-0.2, 0) is 0 Å². The Labute approximate surface area is 108 Å². The number of para-hydroxylation sites is 1. The SMILES string of the molecule is CC1CCCC(C(O)c2coc3ccccc23)C1. The molecule has 1 fully saturated rings. The lowest BCUT2D eigenvalue weighted by Crippen LogP contribution is -2.20. The highest BCUT2D eigenvalue weighted by Gasteiger charge is 2.28. The lowest BCUT2D eigenvalue weighted by atomic mass is 9.78. The molecule has 1 heterocycles. The van der Waals surface area contributed by atoms with Gasteiger partial charge < -0.3 is 9.52 Å². The Kier molecular flexibility index (Phi) is 3.13. The summed E-state index contributed by atoms with van der Waals surface area (Å²) < 4.78 is 5.53. The van der Waals surface area contributed by atoms with Gasteiger partial charge >= 0.3 is 0 Å². The maximum absolute atomic E-state index is 10.6. The number of aliphatic hydroxyl groups excluding tert-OH is 1. The van der Waals surface area contributed by atoms with Crippen molar-refractivity contribution >= 4 is 11.0 Å². The van der Waals surface area contributed by atoms with Crippen molar-refractivity contribution in [2.45, 2.75) is 38.7 Å². The average molecular weight is 244 g/mol. The Morgan fingerprint density at radius 2 is 2.11 bits per heavy atom. The highest BCUT2D eigenvalue weighted by molar-refractivity contribution is 5.81. The fourth-order valence-electron chi connectivity index (χ4n) is 3.25. The largest absolute Gasteiger partial charge is 0.464 e. The van der Waals surface area contributed by atoms with Crippen LogP contribution in [0.3, 0.4) is 0 Å². The first-order valence-electron chi connectivity index (χ1n) is 6.90. The van der Waals surface area contributed by atoms with E-state index in [1.807, 2.05) is 24.3 Å². The molecule has 0 saturated heterocycles.